The molecule has 2 aliphatic rings. The molecule has 0 spiro atoms. The fourth-order valence-electron chi connectivity index (χ4n) is 3.38. The van der Waals surface area contributed by atoms with Crippen molar-refractivity contribution in [3.8, 4) is 0 Å². The Morgan fingerprint density at radius 1 is 0.885 bits per heavy atom. The number of aliphatic carboxylic acids is 1. The van der Waals surface area contributed by atoms with Crippen LogP contribution in [0.3, 0.4) is 0 Å². The number of nitrogens with one attached hydrogen (secondary N) is 1. The Morgan fingerprint density at radius 3 is 1.81 bits per heavy atom. The van der Waals surface area contributed by atoms with Gasteiger partial charge in [0.25, 0.3) is 0 Å². The standard InChI is InChI=1S/C15H8Cl7NO3/c16-5-1-3-6(4-2-5)23-11(24)7-8(12(25)26)14(20)10(18)9(17)13(7,19)15(14,21)22/h1-4,7-8H,(H,23,24)(H,25,26)/t7-,8-,13-,14-/m0/s1. The highest BCUT2D eigenvalue weighted by molar-refractivity contribution is 6.66. The highest BCUT2D eigenvalue weighted by atomic mass is 35.5. The first-order valence-corrected chi connectivity index (χ1v) is 9.66. The van der Waals surface area contributed by atoms with Crippen LogP contribution in [0.15, 0.2) is 34.3 Å². The second-order valence-electron chi connectivity index (χ2n) is 5.92. The SMILES string of the molecule is O=C(O)[C@@H]1[C@@H](C(=O)Nc2ccc(Cl)cc2)[C@]2(Cl)C(Cl)=C(Cl)[C@]1(Cl)C2(Cl)Cl. The summed E-state index contributed by atoms with van der Waals surface area (Å²) in [5, 5.41) is 12.2. The van der Waals surface area contributed by atoms with Gasteiger partial charge in [-0.1, -0.05) is 58.0 Å². The third-order valence-electron chi connectivity index (χ3n) is 4.60. The van der Waals surface area contributed by atoms with Crippen molar-refractivity contribution >= 4 is 98.8 Å². The number of carboxylic acid groups (broad SMARTS) is 1. The number of benzene rings is 1. The van der Waals surface area contributed by atoms with Gasteiger partial charge in [-0.3, -0.25) is 9.59 Å². The van der Waals surface area contributed by atoms with Crippen LogP contribution >= 0.6 is 81.2 Å². The number of carbonyl (C=O) groups is 2. The number of alkyl halides is 4. The van der Waals surface area contributed by atoms with Gasteiger partial charge in [0.05, 0.1) is 21.9 Å². The van der Waals surface area contributed by atoms with Gasteiger partial charge in [0.15, 0.2) is 4.33 Å². The van der Waals surface area contributed by atoms with E-state index in [-0.39, 0.29) is 10.1 Å². The summed E-state index contributed by atoms with van der Waals surface area (Å²) in [6, 6.07) is 6.14. The number of carboxylic acids is 1. The predicted octanol–water partition coefficient (Wildman–Crippen LogP) is 5.44. The van der Waals surface area contributed by atoms with Gasteiger partial charge < -0.3 is 10.4 Å². The zero-order chi connectivity index (χ0) is 19.7. The summed E-state index contributed by atoms with van der Waals surface area (Å²) in [5.41, 5.74) is 0.358. The Morgan fingerprint density at radius 2 is 1.35 bits per heavy atom. The van der Waals surface area contributed by atoms with Gasteiger partial charge in [0.1, 0.15) is 9.75 Å². The molecule has 140 valence electrons. The molecule has 4 nitrogen and oxygen atoms in total. The van der Waals surface area contributed by atoms with E-state index in [0.717, 1.165) is 0 Å². The van der Waals surface area contributed by atoms with E-state index < -0.39 is 37.8 Å². The molecule has 0 aromatic heterocycles. The van der Waals surface area contributed by atoms with Crippen LogP contribution in [0.25, 0.3) is 0 Å². The Labute approximate surface area is 183 Å². The maximum atomic E-state index is 12.9. The van der Waals surface area contributed by atoms with E-state index in [4.69, 9.17) is 81.2 Å². The molecule has 1 fully saturated rings. The molecule has 11 heteroatoms. The van der Waals surface area contributed by atoms with Gasteiger partial charge in [-0.15, -0.1) is 23.2 Å². The molecule has 0 heterocycles. The molecule has 1 amide bonds. The highest BCUT2D eigenvalue weighted by Gasteiger charge is 2.85. The van der Waals surface area contributed by atoms with Crippen LogP contribution in [0, 0.1) is 11.8 Å². The molecule has 0 aliphatic heterocycles. The lowest BCUT2D eigenvalue weighted by Crippen LogP contribution is -2.47. The summed E-state index contributed by atoms with van der Waals surface area (Å²) in [6.45, 7) is 0. The summed E-state index contributed by atoms with van der Waals surface area (Å²) in [5.74, 6) is -5.31. The Hall–Kier alpha value is -0.0700. The predicted molar refractivity (Wildman–Crippen MR) is 105 cm³/mol. The Bertz CT molecular complexity index is 840. The number of hydrogen-bond acceptors (Lipinski definition) is 2. The molecule has 1 aromatic carbocycles. The average Bonchev–Trinajstić information content (AvgIpc) is 2.77. The minimum atomic E-state index is -2.14. The van der Waals surface area contributed by atoms with Gasteiger partial charge in [-0.05, 0) is 24.3 Å². The van der Waals surface area contributed by atoms with Crippen LogP contribution in [-0.4, -0.2) is 31.1 Å². The number of fused-ring (bicyclic) bond motifs is 2. The summed E-state index contributed by atoms with van der Waals surface area (Å²) >= 11 is 43.8. The van der Waals surface area contributed by atoms with Crippen molar-refractivity contribution in [3.63, 3.8) is 0 Å². The molecular weight excluding hydrogens is 490 g/mol. The van der Waals surface area contributed by atoms with E-state index in [0.29, 0.717) is 10.7 Å². The second-order valence-corrected chi connectivity index (χ2v) is 9.63. The fourth-order valence-corrected chi connectivity index (χ4v) is 6.44. The number of amides is 1. The quantitative estimate of drug-likeness (QED) is 0.546. The summed E-state index contributed by atoms with van der Waals surface area (Å²) in [7, 11) is 0. The van der Waals surface area contributed by atoms with Gasteiger partial charge >= 0.3 is 5.97 Å². The van der Waals surface area contributed by atoms with E-state index in [1.54, 1.807) is 12.1 Å². The number of anilines is 1. The van der Waals surface area contributed by atoms with Gasteiger partial charge in [-0.25, -0.2) is 0 Å². The normalized spacial score (nSPS) is 34.9. The first-order chi connectivity index (χ1) is 11.9. The second kappa shape index (κ2) is 6.48. The zero-order valence-electron chi connectivity index (χ0n) is 12.4. The lowest BCUT2D eigenvalue weighted by Gasteiger charge is -2.33. The highest BCUT2D eigenvalue weighted by Crippen LogP contribution is 2.76. The first-order valence-electron chi connectivity index (χ1n) is 7.01. The third-order valence-corrected chi connectivity index (χ3v) is 9.11. The Kier molecular flexibility index (Phi) is 5.15. The topological polar surface area (TPSA) is 66.4 Å². The number of rotatable bonds is 3. The minimum Gasteiger partial charge on any atom is -0.481 e. The average molecular weight is 498 g/mol. The maximum absolute atomic E-state index is 12.9. The molecule has 3 rings (SSSR count). The van der Waals surface area contributed by atoms with Crippen molar-refractivity contribution in [2.24, 2.45) is 11.8 Å². The van der Waals surface area contributed by atoms with Crippen molar-refractivity contribution in [2.75, 3.05) is 5.32 Å². The molecule has 0 saturated heterocycles. The van der Waals surface area contributed by atoms with E-state index in [2.05, 4.69) is 5.32 Å². The van der Waals surface area contributed by atoms with E-state index in [1.165, 1.54) is 12.1 Å². The van der Waals surface area contributed by atoms with Crippen molar-refractivity contribution in [1.29, 1.82) is 0 Å². The number of hydrogen-bond donors (Lipinski definition) is 2. The number of carbonyl (C=O) groups excluding carboxylic acids is 1. The molecule has 1 saturated carbocycles. The molecule has 2 bridgehead atoms. The molecule has 0 unspecified atom stereocenters. The summed E-state index contributed by atoms with van der Waals surface area (Å²) in [4.78, 5) is 20.7. The van der Waals surface area contributed by atoms with E-state index >= 15 is 0 Å². The fraction of sp³-hybridized carbons (Fsp3) is 0.333. The van der Waals surface area contributed by atoms with Crippen LogP contribution < -0.4 is 5.32 Å². The Balaban J connectivity index is 2.10. The van der Waals surface area contributed by atoms with Crippen molar-refractivity contribution < 1.29 is 14.7 Å². The molecule has 4 atom stereocenters. The van der Waals surface area contributed by atoms with Crippen LogP contribution in [0.1, 0.15) is 0 Å². The molecular formula is C15H8Cl7NO3. The molecule has 0 radical (unpaired) electrons. The van der Waals surface area contributed by atoms with Crippen LogP contribution in [0.5, 0.6) is 0 Å². The van der Waals surface area contributed by atoms with Gasteiger partial charge in [-0.2, -0.15) is 0 Å². The van der Waals surface area contributed by atoms with E-state index in [1.807, 2.05) is 0 Å². The largest absolute Gasteiger partial charge is 0.481 e. The smallest absolute Gasteiger partial charge is 0.309 e. The van der Waals surface area contributed by atoms with Crippen molar-refractivity contribution in [1.82, 2.24) is 0 Å². The van der Waals surface area contributed by atoms with Crippen LogP contribution in [0.2, 0.25) is 5.02 Å². The monoisotopic (exact) mass is 495 g/mol. The zero-order valence-corrected chi connectivity index (χ0v) is 17.7. The molecule has 2 N–H and O–H groups in total. The number of halogens is 7. The summed E-state index contributed by atoms with van der Waals surface area (Å²) < 4.78 is -2.14. The molecule has 2 aliphatic carbocycles. The lowest BCUT2D eigenvalue weighted by molar-refractivity contribution is -0.146. The summed E-state index contributed by atoms with van der Waals surface area (Å²) in [6.07, 6.45) is 0. The molecule has 1 aromatic rings. The minimum absolute atomic E-state index is 0.255. The maximum Gasteiger partial charge on any atom is 0.309 e. The van der Waals surface area contributed by atoms with E-state index in [9.17, 15) is 14.7 Å². The van der Waals surface area contributed by atoms with Crippen LogP contribution in [-0.2, 0) is 9.59 Å². The van der Waals surface area contributed by atoms with Crippen molar-refractivity contribution in [3.05, 3.63) is 39.4 Å². The van der Waals surface area contributed by atoms with Crippen LogP contribution in [0.4, 0.5) is 5.69 Å². The molecule has 26 heavy (non-hydrogen) atoms. The third kappa shape index (κ3) is 2.43. The lowest BCUT2D eigenvalue weighted by atomic mass is 9.81. The number of allylic oxidation sites excluding steroid dienone is 2. The van der Waals surface area contributed by atoms with Gasteiger partial charge in [0.2, 0.25) is 5.91 Å². The van der Waals surface area contributed by atoms with Gasteiger partial charge in [0, 0.05) is 10.7 Å². The first kappa shape index (κ1) is 20.7. The van der Waals surface area contributed by atoms with Crippen molar-refractivity contribution in [2.45, 2.75) is 14.1 Å².